The maximum Gasteiger partial charge on any atom is 0.00413 e. The van der Waals surface area contributed by atoms with Crippen LogP contribution in [0.25, 0.3) is 0 Å². The molecule has 0 spiro atoms. The van der Waals surface area contributed by atoms with Gasteiger partial charge in [-0.2, -0.15) is 0 Å². The fraction of sp³-hybridized carbons (Fsp3) is 1.00. The van der Waals surface area contributed by atoms with Crippen molar-refractivity contribution < 1.29 is 0 Å². The van der Waals surface area contributed by atoms with Crippen LogP contribution in [-0.2, 0) is 0 Å². The molecule has 0 heterocycles. The summed E-state index contributed by atoms with van der Waals surface area (Å²) >= 11 is 0. The largest absolute Gasteiger partial charge is 0.314 e. The zero-order valence-corrected chi connectivity index (χ0v) is 11.2. The molecule has 0 radical (unpaired) electrons. The Kier molecular flexibility index (Phi) is 4.69. The van der Waals surface area contributed by atoms with Crippen LogP contribution in [0.4, 0.5) is 0 Å². The van der Waals surface area contributed by atoms with Gasteiger partial charge in [-0.1, -0.05) is 45.4 Å². The quantitative estimate of drug-likeness (QED) is 0.718. The second kappa shape index (κ2) is 6.05. The van der Waals surface area contributed by atoms with Gasteiger partial charge in [0, 0.05) is 6.04 Å². The second-order valence-electron chi connectivity index (χ2n) is 6.45. The molecule has 2 saturated carbocycles. The van der Waals surface area contributed by atoms with Crippen molar-refractivity contribution >= 4 is 0 Å². The lowest BCUT2D eigenvalue weighted by molar-refractivity contribution is 0.272. The topological polar surface area (TPSA) is 12.0 Å². The minimum atomic E-state index is 0.759. The van der Waals surface area contributed by atoms with Gasteiger partial charge in [0.1, 0.15) is 0 Å². The first kappa shape index (κ1) is 12.4. The van der Waals surface area contributed by atoms with E-state index in [4.69, 9.17) is 0 Å². The Labute approximate surface area is 101 Å². The first-order valence-corrected chi connectivity index (χ1v) is 7.47. The van der Waals surface area contributed by atoms with E-state index in [-0.39, 0.29) is 0 Å². The summed E-state index contributed by atoms with van der Waals surface area (Å²) in [6, 6.07) is 0.759. The van der Waals surface area contributed by atoms with E-state index < -0.39 is 0 Å². The Morgan fingerprint density at radius 3 is 2.25 bits per heavy atom. The van der Waals surface area contributed by atoms with Crippen LogP contribution in [0.2, 0.25) is 0 Å². The lowest BCUT2D eigenvalue weighted by Gasteiger charge is -2.26. The van der Waals surface area contributed by atoms with Crippen molar-refractivity contribution in [3.63, 3.8) is 0 Å². The number of rotatable bonds is 6. The van der Waals surface area contributed by atoms with Gasteiger partial charge < -0.3 is 5.32 Å². The molecule has 0 aromatic heterocycles. The van der Waals surface area contributed by atoms with Crippen LogP contribution in [0, 0.1) is 17.8 Å². The predicted octanol–water partition coefficient (Wildman–Crippen LogP) is 3.98. The van der Waals surface area contributed by atoms with E-state index in [9.17, 15) is 0 Å². The normalized spacial score (nSPS) is 32.6. The number of hydrogen-bond donors (Lipinski definition) is 1. The van der Waals surface area contributed by atoms with E-state index in [1.165, 1.54) is 57.9 Å². The Balaban J connectivity index is 1.50. The minimum Gasteiger partial charge on any atom is -0.314 e. The monoisotopic (exact) mass is 223 g/mol. The van der Waals surface area contributed by atoms with Crippen molar-refractivity contribution in [3.05, 3.63) is 0 Å². The van der Waals surface area contributed by atoms with Crippen LogP contribution >= 0.6 is 0 Å². The molecule has 0 aliphatic heterocycles. The molecular weight excluding hydrogens is 194 g/mol. The van der Waals surface area contributed by atoms with Gasteiger partial charge in [0.05, 0.1) is 0 Å². The molecule has 2 fully saturated rings. The van der Waals surface area contributed by atoms with E-state index in [0.717, 1.165) is 23.8 Å². The SMILES string of the molecule is CC1CCC(CCNC(C)CC2CC2)CC1. The molecule has 1 heteroatoms. The molecule has 2 aliphatic rings. The zero-order valence-electron chi connectivity index (χ0n) is 11.2. The summed E-state index contributed by atoms with van der Waals surface area (Å²) in [6.07, 6.45) is 11.7. The van der Waals surface area contributed by atoms with Crippen LogP contribution in [0.5, 0.6) is 0 Å². The third kappa shape index (κ3) is 4.45. The van der Waals surface area contributed by atoms with Crippen LogP contribution in [0.15, 0.2) is 0 Å². The minimum absolute atomic E-state index is 0.759. The van der Waals surface area contributed by atoms with Crippen molar-refractivity contribution in [3.8, 4) is 0 Å². The van der Waals surface area contributed by atoms with Crippen LogP contribution in [0.1, 0.15) is 65.2 Å². The molecule has 0 saturated heterocycles. The highest BCUT2D eigenvalue weighted by Crippen LogP contribution is 2.33. The van der Waals surface area contributed by atoms with Gasteiger partial charge in [0.2, 0.25) is 0 Å². The Hall–Kier alpha value is -0.0400. The molecule has 1 N–H and O–H groups in total. The predicted molar refractivity (Wildman–Crippen MR) is 70.5 cm³/mol. The molecule has 2 rings (SSSR count). The van der Waals surface area contributed by atoms with E-state index >= 15 is 0 Å². The van der Waals surface area contributed by atoms with Gasteiger partial charge in [-0.25, -0.2) is 0 Å². The average Bonchev–Trinajstić information content (AvgIpc) is 3.05. The molecule has 0 amide bonds. The molecule has 2 aliphatic carbocycles. The molecule has 1 unspecified atom stereocenters. The van der Waals surface area contributed by atoms with Crippen LogP contribution in [0.3, 0.4) is 0 Å². The fourth-order valence-corrected chi connectivity index (χ4v) is 3.09. The second-order valence-corrected chi connectivity index (χ2v) is 6.45. The van der Waals surface area contributed by atoms with Crippen LogP contribution in [-0.4, -0.2) is 12.6 Å². The van der Waals surface area contributed by atoms with Crippen molar-refractivity contribution in [2.75, 3.05) is 6.54 Å². The highest BCUT2D eigenvalue weighted by molar-refractivity contribution is 4.78. The van der Waals surface area contributed by atoms with Crippen LogP contribution < -0.4 is 5.32 Å². The van der Waals surface area contributed by atoms with E-state index in [1.54, 1.807) is 0 Å². The molecule has 0 aromatic carbocycles. The summed E-state index contributed by atoms with van der Waals surface area (Å²) in [7, 11) is 0. The van der Waals surface area contributed by atoms with Gasteiger partial charge in [-0.05, 0) is 44.1 Å². The summed E-state index contributed by atoms with van der Waals surface area (Å²) < 4.78 is 0. The lowest BCUT2D eigenvalue weighted by atomic mass is 9.81. The third-order valence-electron chi connectivity index (χ3n) is 4.56. The molecule has 0 bridgehead atoms. The zero-order chi connectivity index (χ0) is 11.4. The molecule has 16 heavy (non-hydrogen) atoms. The van der Waals surface area contributed by atoms with Crippen molar-refractivity contribution in [2.45, 2.75) is 71.3 Å². The van der Waals surface area contributed by atoms with E-state index in [2.05, 4.69) is 19.2 Å². The summed E-state index contributed by atoms with van der Waals surface area (Å²) in [5, 5.41) is 3.71. The average molecular weight is 223 g/mol. The summed E-state index contributed by atoms with van der Waals surface area (Å²) in [6.45, 7) is 6.03. The molecule has 0 aromatic rings. The number of hydrogen-bond acceptors (Lipinski definition) is 1. The molecule has 1 nitrogen and oxygen atoms in total. The maximum atomic E-state index is 3.71. The fourth-order valence-electron chi connectivity index (χ4n) is 3.09. The first-order valence-electron chi connectivity index (χ1n) is 7.47. The summed E-state index contributed by atoms with van der Waals surface area (Å²) in [4.78, 5) is 0. The van der Waals surface area contributed by atoms with Crippen molar-refractivity contribution in [1.82, 2.24) is 5.32 Å². The molecular formula is C15H29N. The standard InChI is InChI=1S/C15H29N/c1-12-3-5-14(6-4-12)9-10-16-13(2)11-15-7-8-15/h12-16H,3-11H2,1-2H3. The highest BCUT2D eigenvalue weighted by Gasteiger charge is 2.23. The van der Waals surface area contributed by atoms with E-state index in [1.807, 2.05) is 0 Å². The van der Waals surface area contributed by atoms with Gasteiger partial charge in [0.15, 0.2) is 0 Å². The van der Waals surface area contributed by atoms with Crippen molar-refractivity contribution in [1.29, 1.82) is 0 Å². The van der Waals surface area contributed by atoms with Crippen molar-refractivity contribution in [2.24, 2.45) is 17.8 Å². The van der Waals surface area contributed by atoms with Gasteiger partial charge in [-0.15, -0.1) is 0 Å². The Morgan fingerprint density at radius 2 is 1.62 bits per heavy atom. The molecule has 94 valence electrons. The Bertz CT molecular complexity index is 190. The van der Waals surface area contributed by atoms with E-state index in [0.29, 0.717) is 0 Å². The van der Waals surface area contributed by atoms with Gasteiger partial charge in [-0.3, -0.25) is 0 Å². The van der Waals surface area contributed by atoms with Gasteiger partial charge >= 0.3 is 0 Å². The summed E-state index contributed by atoms with van der Waals surface area (Å²) in [5.41, 5.74) is 0. The third-order valence-corrected chi connectivity index (χ3v) is 4.56. The lowest BCUT2D eigenvalue weighted by Crippen LogP contribution is -2.29. The summed E-state index contributed by atoms with van der Waals surface area (Å²) in [5.74, 6) is 3.09. The maximum absolute atomic E-state index is 3.71. The highest BCUT2D eigenvalue weighted by atomic mass is 14.9. The molecule has 1 atom stereocenters. The number of nitrogens with one attached hydrogen (secondary N) is 1. The Morgan fingerprint density at radius 1 is 1.00 bits per heavy atom. The smallest absolute Gasteiger partial charge is 0.00413 e. The van der Waals surface area contributed by atoms with Gasteiger partial charge in [0.25, 0.3) is 0 Å². The first-order chi connectivity index (χ1) is 7.74.